The Morgan fingerprint density at radius 2 is 1.80 bits per heavy atom. The highest BCUT2D eigenvalue weighted by Gasteiger charge is 2.44. The third-order valence-corrected chi connectivity index (χ3v) is 5.98. The molecule has 0 aliphatic carbocycles. The fourth-order valence-electron chi connectivity index (χ4n) is 4.27. The minimum Gasteiger partial charge on any atom is -0.468 e. The number of fused-ring (bicyclic) bond motifs is 1. The smallest absolute Gasteiger partial charge is 0.316 e. The van der Waals surface area contributed by atoms with E-state index in [0.29, 0.717) is 31.5 Å². The van der Waals surface area contributed by atoms with Crippen molar-refractivity contribution in [3.63, 3.8) is 0 Å². The molecule has 0 spiro atoms. The van der Waals surface area contributed by atoms with Crippen LogP contribution in [-0.4, -0.2) is 51.7 Å². The molecule has 3 heterocycles. The van der Waals surface area contributed by atoms with E-state index in [0.717, 1.165) is 16.6 Å². The minimum atomic E-state index is -0.715. The van der Waals surface area contributed by atoms with Gasteiger partial charge >= 0.3 is 5.97 Å². The average molecular weight is 406 g/mol. The molecular weight excluding hydrogens is 380 g/mol. The highest BCUT2D eigenvalue weighted by Crippen LogP contribution is 2.37. The van der Waals surface area contributed by atoms with Crippen molar-refractivity contribution in [2.45, 2.75) is 38.1 Å². The Bertz CT molecular complexity index is 1070. The molecular formula is C23H26N4O3. The van der Waals surface area contributed by atoms with E-state index in [9.17, 15) is 9.59 Å². The number of ether oxygens (including phenoxy) is 1. The van der Waals surface area contributed by atoms with Crippen LogP contribution in [0.1, 0.15) is 48.7 Å². The Morgan fingerprint density at radius 3 is 2.43 bits per heavy atom. The van der Waals surface area contributed by atoms with Gasteiger partial charge in [0.15, 0.2) is 5.65 Å². The first-order chi connectivity index (χ1) is 14.5. The van der Waals surface area contributed by atoms with Gasteiger partial charge in [-0.25, -0.2) is 9.67 Å². The molecule has 0 bridgehead atoms. The summed E-state index contributed by atoms with van der Waals surface area (Å²) in [4.78, 5) is 32.1. The molecule has 0 unspecified atom stereocenters. The van der Waals surface area contributed by atoms with Crippen molar-refractivity contribution < 1.29 is 14.3 Å². The van der Waals surface area contributed by atoms with E-state index < -0.39 is 5.41 Å². The van der Waals surface area contributed by atoms with Crippen molar-refractivity contribution in [2.24, 2.45) is 0 Å². The number of piperidine rings is 1. The molecule has 4 rings (SSSR count). The maximum atomic E-state index is 13.1. The van der Waals surface area contributed by atoms with Crippen LogP contribution in [0.2, 0.25) is 0 Å². The van der Waals surface area contributed by atoms with Gasteiger partial charge in [-0.15, -0.1) is 0 Å². The number of amides is 1. The highest BCUT2D eigenvalue weighted by molar-refractivity contribution is 5.97. The second-order valence-electron chi connectivity index (χ2n) is 8.05. The first-order valence-electron chi connectivity index (χ1n) is 10.2. The monoisotopic (exact) mass is 406 g/mol. The van der Waals surface area contributed by atoms with E-state index in [-0.39, 0.29) is 17.9 Å². The maximum absolute atomic E-state index is 13.1. The van der Waals surface area contributed by atoms with Gasteiger partial charge in [-0.05, 0) is 38.3 Å². The lowest BCUT2D eigenvalue weighted by Crippen LogP contribution is -2.49. The zero-order valence-corrected chi connectivity index (χ0v) is 17.5. The van der Waals surface area contributed by atoms with Crippen LogP contribution in [0.5, 0.6) is 0 Å². The van der Waals surface area contributed by atoms with E-state index in [2.05, 4.69) is 10.1 Å². The molecule has 30 heavy (non-hydrogen) atoms. The quantitative estimate of drug-likeness (QED) is 0.621. The van der Waals surface area contributed by atoms with Crippen LogP contribution >= 0.6 is 0 Å². The largest absolute Gasteiger partial charge is 0.468 e. The molecule has 1 aliphatic rings. The van der Waals surface area contributed by atoms with Crippen LogP contribution in [0.3, 0.4) is 0 Å². The summed E-state index contributed by atoms with van der Waals surface area (Å²) in [5.41, 5.74) is 1.53. The number of esters is 1. The van der Waals surface area contributed by atoms with Gasteiger partial charge in [-0.3, -0.25) is 9.59 Å². The lowest BCUT2D eigenvalue weighted by molar-refractivity contribution is -0.149. The summed E-state index contributed by atoms with van der Waals surface area (Å²) in [5.74, 6) is -0.321. The van der Waals surface area contributed by atoms with Crippen molar-refractivity contribution in [1.29, 1.82) is 0 Å². The van der Waals surface area contributed by atoms with Gasteiger partial charge in [-0.2, -0.15) is 5.10 Å². The Morgan fingerprint density at radius 1 is 1.10 bits per heavy atom. The van der Waals surface area contributed by atoms with E-state index in [1.165, 1.54) is 7.11 Å². The Labute approximate surface area is 175 Å². The van der Waals surface area contributed by atoms with Gasteiger partial charge in [-0.1, -0.05) is 30.3 Å². The summed E-state index contributed by atoms with van der Waals surface area (Å²) in [6.07, 6.45) is 4.41. The van der Waals surface area contributed by atoms with Gasteiger partial charge < -0.3 is 9.64 Å². The number of nitrogens with zero attached hydrogens (tertiary/aromatic N) is 4. The SMILES string of the molecule is COC(=O)C1(c2ccccc2)CCN(C(=O)c2cnc3c(cnn3C(C)C)c2)CC1. The number of aromatic nitrogens is 3. The van der Waals surface area contributed by atoms with Crippen LogP contribution in [0, 0.1) is 0 Å². The van der Waals surface area contributed by atoms with Gasteiger partial charge in [0.25, 0.3) is 5.91 Å². The summed E-state index contributed by atoms with van der Waals surface area (Å²) in [6.45, 7) is 5.04. The van der Waals surface area contributed by atoms with E-state index >= 15 is 0 Å². The third-order valence-electron chi connectivity index (χ3n) is 5.98. The molecule has 7 nitrogen and oxygen atoms in total. The van der Waals surface area contributed by atoms with Crippen LogP contribution < -0.4 is 0 Å². The normalized spacial score (nSPS) is 16.1. The van der Waals surface area contributed by atoms with E-state index in [1.54, 1.807) is 17.3 Å². The second kappa shape index (κ2) is 7.89. The maximum Gasteiger partial charge on any atom is 0.316 e. The molecule has 3 aromatic rings. The van der Waals surface area contributed by atoms with E-state index in [1.807, 2.05) is 54.9 Å². The molecule has 1 aromatic carbocycles. The average Bonchev–Trinajstić information content (AvgIpc) is 3.22. The summed E-state index contributed by atoms with van der Waals surface area (Å²) >= 11 is 0. The standard InChI is InChI=1S/C23H26N4O3/c1-16(2)27-20-17(15-25-27)13-18(14-24-20)21(28)26-11-9-23(10-12-26,22(29)30-3)19-7-5-4-6-8-19/h4-8,13-16H,9-12H2,1-3H3. The summed E-state index contributed by atoms with van der Waals surface area (Å²) in [5, 5.41) is 5.21. The highest BCUT2D eigenvalue weighted by atomic mass is 16.5. The van der Waals surface area contributed by atoms with Crippen LogP contribution in [-0.2, 0) is 14.9 Å². The number of rotatable bonds is 4. The zero-order valence-electron chi connectivity index (χ0n) is 17.5. The lowest BCUT2D eigenvalue weighted by atomic mass is 9.72. The van der Waals surface area contributed by atoms with Crippen molar-refractivity contribution in [3.05, 3.63) is 59.9 Å². The third kappa shape index (κ3) is 3.34. The van der Waals surface area contributed by atoms with Crippen LogP contribution in [0.25, 0.3) is 11.0 Å². The predicted octanol–water partition coefficient (Wildman–Crippen LogP) is 3.36. The van der Waals surface area contributed by atoms with Crippen LogP contribution in [0.15, 0.2) is 48.8 Å². The van der Waals surface area contributed by atoms with Gasteiger partial charge in [0, 0.05) is 30.7 Å². The number of hydrogen-bond acceptors (Lipinski definition) is 5. The number of carbonyl (C=O) groups is 2. The fourth-order valence-corrected chi connectivity index (χ4v) is 4.27. The van der Waals surface area contributed by atoms with E-state index in [4.69, 9.17) is 4.74 Å². The minimum absolute atomic E-state index is 0.0757. The number of methoxy groups -OCH3 is 1. The molecule has 2 aromatic heterocycles. The molecule has 0 radical (unpaired) electrons. The first kappa shape index (κ1) is 20.1. The van der Waals surface area contributed by atoms with Crippen LogP contribution in [0.4, 0.5) is 0 Å². The summed E-state index contributed by atoms with van der Waals surface area (Å²) in [7, 11) is 1.42. The molecule has 156 valence electrons. The predicted molar refractivity (Wildman–Crippen MR) is 113 cm³/mol. The van der Waals surface area contributed by atoms with Crippen molar-refractivity contribution in [3.8, 4) is 0 Å². The first-order valence-corrected chi connectivity index (χ1v) is 10.2. The fraction of sp³-hybridized carbons (Fsp3) is 0.391. The lowest BCUT2D eigenvalue weighted by Gasteiger charge is -2.40. The summed E-state index contributed by atoms with van der Waals surface area (Å²) < 4.78 is 6.98. The van der Waals surface area contributed by atoms with Crippen molar-refractivity contribution in [1.82, 2.24) is 19.7 Å². The molecule has 0 saturated carbocycles. The Balaban J connectivity index is 1.55. The molecule has 0 atom stereocenters. The number of pyridine rings is 1. The number of likely N-dealkylation sites (tertiary alicyclic amines) is 1. The number of carbonyl (C=O) groups excluding carboxylic acids is 2. The summed E-state index contributed by atoms with van der Waals surface area (Å²) in [6, 6.07) is 11.7. The zero-order chi connectivity index (χ0) is 21.3. The second-order valence-corrected chi connectivity index (χ2v) is 8.05. The Kier molecular flexibility index (Phi) is 5.28. The number of benzene rings is 1. The molecule has 7 heteroatoms. The molecule has 1 amide bonds. The molecule has 0 N–H and O–H groups in total. The molecule has 1 saturated heterocycles. The van der Waals surface area contributed by atoms with Gasteiger partial charge in [0.2, 0.25) is 0 Å². The molecule has 1 aliphatic heterocycles. The topological polar surface area (TPSA) is 77.3 Å². The molecule has 1 fully saturated rings. The number of hydrogen-bond donors (Lipinski definition) is 0. The Hall–Kier alpha value is -3.22. The van der Waals surface area contributed by atoms with Crippen molar-refractivity contribution >= 4 is 22.9 Å². The van der Waals surface area contributed by atoms with Gasteiger partial charge in [0.05, 0.1) is 24.3 Å². The van der Waals surface area contributed by atoms with Crippen molar-refractivity contribution in [2.75, 3.05) is 20.2 Å². The van der Waals surface area contributed by atoms with Gasteiger partial charge in [0.1, 0.15) is 0 Å².